The zero-order valence-electron chi connectivity index (χ0n) is 12.5. The van der Waals surface area contributed by atoms with Crippen molar-refractivity contribution in [1.82, 2.24) is 15.1 Å². The zero-order valence-corrected chi connectivity index (χ0v) is 12.5. The van der Waals surface area contributed by atoms with Crippen LogP contribution < -0.4 is 5.32 Å². The first kappa shape index (κ1) is 14.5. The number of nitrogens with zero attached hydrogens (tertiary/aromatic N) is 2. The van der Waals surface area contributed by atoms with Gasteiger partial charge in [0.15, 0.2) is 0 Å². The summed E-state index contributed by atoms with van der Waals surface area (Å²) in [5, 5.41) is 3.26. The summed E-state index contributed by atoms with van der Waals surface area (Å²) in [7, 11) is 2.01. The molecule has 106 valence electrons. The lowest BCUT2D eigenvalue weighted by molar-refractivity contribution is 0.104. The first-order valence-electron chi connectivity index (χ1n) is 7.38. The van der Waals surface area contributed by atoms with Crippen LogP contribution in [-0.2, 0) is 13.1 Å². The first-order chi connectivity index (χ1) is 9.20. The van der Waals surface area contributed by atoms with Crippen molar-refractivity contribution in [1.29, 1.82) is 0 Å². The first-order valence-corrected chi connectivity index (χ1v) is 7.38. The van der Waals surface area contributed by atoms with Crippen LogP contribution in [0.15, 0.2) is 24.3 Å². The quantitative estimate of drug-likeness (QED) is 0.874. The fourth-order valence-corrected chi connectivity index (χ4v) is 2.75. The highest BCUT2D eigenvalue weighted by Crippen LogP contribution is 2.14. The van der Waals surface area contributed by atoms with Gasteiger partial charge in [0.05, 0.1) is 0 Å². The summed E-state index contributed by atoms with van der Waals surface area (Å²) in [6, 6.07) is 9.46. The van der Waals surface area contributed by atoms with Crippen LogP contribution in [0.25, 0.3) is 0 Å². The molecule has 0 spiro atoms. The van der Waals surface area contributed by atoms with Crippen molar-refractivity contribution in [3.63, 3.8) is 0 Å². The summed E-state index contributed by atoms with van der Waals surface area (Å²) in [5.74, 6) is 0. The standard InChI is InChI=1S/C16H27N3/c1-14(2)19-10-8-18(9-11-19)13-16-7-5-4-6-15(16)12-17-3/h4-7,14,17H,8-13H2,1-3H3. The minimum Gasteiger partial charge on any atom is -0.316 e. The normalized spacial score (nSPS) is 18.1. The zero-order chi connectivity index (χ0) is 13.7. The Bertz CT molecular complexity index is 381. The predicted octanol–water partition coefficient (Wildman–Crippen LogP) is 1.93. The molecule has 1 aromatic carbocycles. The second-order valence-electron chi connectivity index (χ2n) is 5.70. The molecule has 0 radical (unpaired) electrons. The van der Waals surface area contributed by atoms with Gasteiger partial charge in [0, 0.05) is 45.3 Å². The van der Waals surface area contributed by atoms with Crippen molar-refractivity contribution in [3.05, 3.63) is 35.4 Å². The molecule has 1 fully saturated rings. The van der Waals surface area contributed by atoms with Crippen LogP contribution in [0.4, 0.5) is 0 Å². The van der Waals surface area contributed by atoms with Gasteiger partial charge in [-0.05, 0) is 32.0 Å². The van der Waals surface area contributed by atoms with Crippen LogP contribution in [0.3, 0.4) is 0 Å². The van der Waals surface area contributed by atoms with Crippen LogP contribution in [0.2, 0.25) is 0 Å². The number of hydrogen-bond donors (Lipinski definition) is 1. The van der Waals surface area contributed by atoms with E-state index in [1.807, 2.05) is 7.05 Å². The molecule has 19 heavy (non-hydrogen) atoms. The lowest BCUT2D eigenvalue weighted by atomic mass is 10.1. The highest BCUT2D eigenvalue weighted by molar-refractivity contribution is 5.27. The second kappa shape index (κ2) is 7.04. The largest absolute Gasteiger partial charge is 0.316 e. The molecule has 1 aliphatic rings. The number of hydrogen-bond acceptors (Lipinski definition) is 3. The molecule has 0 bridgehead atoms. The monoisotopic (exact) mass is 261 g/mol. The fraction of sp³-hybridized carbons (Fsp3) is 0.625. The number of piperazine rings is 1. The summed E-state index contributed by atoms with van der Waals surface area (Å²) < 4.78 is 0. The highest BCUT2D eigenvalue weighted by atomic mass is 15.3. The summed E-state index contributed by atoms with van der Waals surface area (Å²) in [4.78, 5) is 5.14. The molecule has 1 saturated heterocycles. The predicted molar refractivity (Wildman–Crippen MR) is 81.2 cm³/mol. The fourth-order valence-electron chi connectivity index (χ4n) is 2.75. The van der Waals surface area contributed by atoms with Gasteiger partial charge in [-0.25, -0.2) is 0 Å². The van der Waals surface area contributed by atoms with E-state index < -0.39 is 0 Å². The van der Waals surface area contributed by atoms with Gasteiger partial charge in [0.1, 0.15) is 0 Å². The van der Waals surface area contributed by atoms with E-state index in [1.165, 1.54) is 37.3 Å². The molecule has 1 aliphatic heterocycles. The maximum atomic E-state index is 3.26. The molecule has 0 aliphatic carbocycles. The molecule has 1 aromatic rings. The van der Waals surface area contributed by atoms with Crippen LogP contribution in [0.1, 0.15) is 25.0 Å². The Kier molecular flexibility index (Phi) is 5.37. The molecule has 2 rings (SSSR count). The maximum absolute atomic E-state index is 3.26. The van der Waals surface area contributed by atoms with E-state index in [4.69, 9.17) is 0 Å². The van der Waals surface area contributed by atoms with E-state index in [0.29, 0.717) is 6.04 Å². The summed E-state index contributed by atoms with van der Waals surface area (Å²) in [5.41, 5.74) is 2.89. The molecule has 0 amide bonds. The van der Waals surface area contributed by atoms with E-state index >= 15 is 0 Å². The van der Waals surface area contributed by atoms with E-state index in [0.717, 1.165) is 13.1 Å². The average Bonchev–Trinajstić information content (AvgIpc) is 2.42. The topological polar surface area (TPSA) is 18.5 Å². The average molecular weight is 261 g/mol. The molecule has 0 aromatic heterocycles. The Morgan fingerprint density at radius 3 is 2.26 bits per heavy atom. The third-order valence-electron chi connectivity index (χ3n) is 4.02. The molecular weight excluding hydrogens is 234 g/mol. The van der Waals surface area contributed by atoms with Crippen molar-refractivity contribution in [2.75, 3.05) is 33.2 Å². The van der Waals surface area contributed by atoms with Gasteiger partial charge in [-0.15, -0.1) is 0 Å². The van der Waals surface area contributed by atoms with Gasteiger partial charge in [-0.1, -0.05) is 24.3 Å². The second-order valence-corrected chi connectivity index (χ2v) is 5.70. The minimum absolute atomic E-state index is 0.679. The van der Waals surface area contributed by atoms with Crippen molar-refractivity contribution in [3.8, 4) is 0 Å². The minimum atomic E-state index is 0.679. The van der Waals surface area contributed by atoms with Gasteiger partial charge in [0.2, 0.25) is 0 Å². The summed E-state index contributed by atoms with van der Waals surface area (Å²) >= 11 is 0. The van der Waals surface area contributed by atoms with Crippen LogP contribution >= 0.6 is 0 Å². The molecule has 1 heterocycles. The Hall–Kier alpha value is -0.900. The Balaban J connectivity index is 1.92. The van der Waals surface area contributed by atoms with Crippen LogP contribution in [-0.4, -0.2) is 49.1 Å². The van der Waals surface area contributed by atoms with E-state index in [1.54, 1.807) is 0 Å². The Morgan fingerprint density at radius 2 is 1.68 bits per heavy atom. The van der Waals surface area contributed by atoms with Crippen LogP contribution in [0.5, 0.6) is 0 Å². The SMILES string of the molecule is CNCc1ccccc1CN1CCN(C(C)C)CC1. The maximum Gasteiger partial charge on any atom is 0.0238 e. The van der Waals surface area contributed by atoms with E-state index in [2.05, 4.69) is 53.2 Å². The lowest BCUT2D eigenvalue weighted by Gasteiger charge is -2.37. The number of benzene rings is 1. The van der Waals surface area contributed by atoms with Crippen LogP contribution in [0, 0.1) is 0 Å². The van der Waals surface area contributed by atoms with Gasteiger partial charge in [-0.3, -0.25) is 9.80 Å². The Morgan fingerprint density at radius 1 is 1.05 bits per heavy atom. The summed E-state index contributed by atoms with van der Waals surface area (Å²) in [6.07, 6.45) is 0. The number of nitrogens with one attached hydrogen (secondary N) is 1. The molecule has 0 saturated carbocycles. The van der Waals surface area contributed by atoms with Crippen molar-refractivity contribution < 1.29 is 0 Å². The molecule has 3 nitrogen and oxygen atoms in total. The van der Waals surface area contributed by atoms with E-state index in [-0.39, 0.29) is 0 Å². The molecule has 1 N–H and O–H groups in total. The van der Waals surface area contributed by atoms with Crippen molar-refractivity contribution in [2.24, 2.45) is 0 Å². The van der Waals surface area contributed by atoms with E-state index in [9.17, 15) is 0 Å². The molecule has 0 unspecified atom stereocenters. The smallest absolute Gasteiger partial charge is 0.0238 e. The third-order valence-corrected chi connectivity index (χ3v) is 4.02. The van der Waals surface area contributed by atoms with Gasteiger partial charge < -0.3 is 5.32 Å². The summed E-state index contributed by atoms with van der Waals surface area (Å²) in [6.45, 7) is 11.4. The van der Waals surface area contributed by atoms with Gasteiger partial charge in [-0.2, -0.15) is 0 Å². The Labute approximate surface area is 117 Å². The van der Waals surface area contributed by atoms with Crippen molar-refractivity contribution >= 4 is 0 Å². The highest BCUT2D eigenvalue weighted by Gasteiger charge is 2.19. The number of rotatable bonds is 5. The van der Waals surface area contributed by atoms with Gasteiger partial charge in [0.25, 0.3) is 0 Å². The molecular formula is C16H27N3. The molecule has 0 atom stereocenters. The molecule has 3 heteroatoms. The van der Waals surface area contributed by atoms with Gasteiger partial charge >= 0.3 is 0 Å². The lowest BCUT2D eigenvalue weighted by Crippen LogP contribution is -2.48. The van der Waals surface area contributed by atoms with Crippen molar-refractivity contribution in [2.45, 2.75) is 33.0 Å². The third kappa shape index (κ3) is 4.03.